The molecule has 0 fully saturated rings. The molecular weight excluding hydrogens is 294 g/mol. The van der Waals surface area contributed by atoms with E-state index in [1.807, 2.05) is 24.3 Å². The van der Waals surface area contributed by atoms with Gasteiger partial charge in [0.05, 0.1) is 12.4 Å². The lowest BCUT2D eigenvalue weighted by Gasteiger charge is -2.17. The van der Waals surface area contributed by atoms with Crippen molar-refractivity contribution in [2.75, 3.05) is 11.9 Å². The fourth-order valence-electron chi connectivity index (χ4n) is 2.11. The van der Waals surface area contributed by atoms with E-state index in [4.69, 9.17) is 5.11 Å². The van der Waals surface area contributed by atoms with Crippen LogP contribution in [0.5, 0.6) is 0 Å². The van der Waals surface area contributed by atoms with Crippen molar-refractivity contribution in [1.29, 1.82) is 0 Å². The summed E-state index contributed by atoms with van der Waals surface area (Å²) in [6.07, 6.45) is 5.57. The summed E-state index contributed by atoms with van der Waals surface area (Å²) in [4.78, 5) is 32.2. The maximum absolute atomic E-state index is 12.4. The second-order valence-corrected chi connectivity index (χ2v) is 5.23. The molecule has 0 aliphatic heterocycles. The zero-order chi connectivity index (χ0) is 16.8. The fraction of sp³-hybridized carbons (Fsp3) is 0.294. The zero-order valence-electron chi connectivity index (χ0n) is 13.2. The number of carbonyl (C=O) groups excluding carboxylic acids is 1. The number of hydrogen-bond donors (Lipinski definition) is 1. The molecule has 0 spiro atoms. The average Bonchev–Trinajstić information content (AvgIpc) is 2.59. The van der Waals surface area contributed by atoms with Gasteiger partial charge in [-0.05, 0) is 30.5 Å². The van der Waals surface area contributed by atoms with Gasteiger partial charge in [0.25, 0.3) is 5.91 Å². The first-order valence-electron chi connectivity index (χ1n) is 7.45. The van der Waals surface area contributed by atoms with Crippen molar-refractivity contribution in [3.63, 3.8) is 0 Å². The predicted molar refractivity (Wildman–Crippen MR) is 86.8 cm³/mol. The highest BCUT2D eigenvalue weighted by Gasteiger charge is 2.16. The summed E-state index contributed by atoms with van der Waals surface area (Å²) in [6, 6.07) is 7.80. The molecule has 6 heteroatoms. The molecule has 0 radical (unpaired) electrons. The van der Waals surface area contributed by atoms with E-state index in [9.17, 15) is 9.59 Å². The minimum atomic E-state index is -1.17. The van der Waals surface area contributed by atoms with E-state index >= 15 is 0 Å². The summed E-state index contributed by atoms with van der Waals surface area (Å²) < 4.78 is 0. The average molecular weight is 313 g/mol. The van der Waals surface area contributed by atoms with Gasteiger partial charge in [-0.3, -0.25) is 4.79 Å². The van der Waals surface area contributed by atoms with Gasteiger partial charge < -0.3 is 10.0 Å². The van der Waals surface area contributed by atoms with Gasteiger partial charge in [-0.1, -0.05) is 25.5 Å². The largest absolute Gasteiger partial charge is 0.476 e. The van der Waals surface area contributed by atoms with Gasteiger partial charge in [-0.2, -0.15) is 0 Å². The van der Waals surface area contributed by atoms with Crippen LogP contribution in [0.2, 0.25) is 0 Å². The number of amides is 1. The normalized spacial score (nSPS) is 10.3. The number of unbranched alkanes of at least 4 members (excludes halogenated alkanes) is 1. The molecule has 0 aliphatic carbocycles. The van der Waals surface area contributed by atoms with Crippen molar-refractivity contribution in [3.8, 4) is 0 Å². The van der Waals surface area contributed by atoms with Crippen LogP contribution in [0.15, 0.2) is 36.7 Å². The highest BCUT2D eigenvalue weighted by atomic mass is 16.4. The third kappa shape index (κ3) is 4.12. The van der Waals surface area contributed by atoms with E-state index in [-0.39, 0.29) is 17.3 Å². The van der Waals surface area contributed by atoms with Crippen LogP contribution in [-0.4, -0.2) is 34.0 Å². The van der Waals surface area contributed by atoms with E-state index in [2.05, 4.69) is 16.9 Å². The topological polar surface area (TPSA) is 83.4 Å². The Kier molecular flexibility index (Phi) is 5.41. The van der Waals surface area contributed by atoms with Gasteiger partial charge in [0.1, 0.15) is 5.69 Å². The number of nitrogens with zero attached hydrogens (tertiary/aromatic N) is 3. The van der Waals surface area contributed by atoms with E-state index in [0.29, 0.717) is 0 Å². The van der Waals surface area contributed by atoms with Crippen molar-refractivity contribution in [3.05, 3.63) is 53.6 Å². The third-order valence-corrected chi connectivity index (χ3v) is 3.54. The molecular formula is C17H19N3O3. The molecule has 1 heterocycles. The molecule has 1 amide bonds. The molecule has 0 saturated carbocycles. The first-order valence-corrected chi connectivity index (χ1v) is 7.45. The molecule has 120 valence electrons. The van der Waals surface area contributed by atoms with Crippen molar-refractivity contribution in [1.82, 2.24) is 9.97 Å². The van der Waals surface area contributed by atoms with Crippen molar-refractivity contribution in [2.24, 2.45) is 0 Å². The number of anilines is 1. The molecule has 23 heavy (non-hydrogen) atoms. The molecule has 2 rings (SSSR count). The Morgan fingerprint density at radius 1 is 1.09 bits per heavy atom. The highest BCUT2D eigenvalue weighted by molar-refractivity contribution is 6.04. The van der Waals surface area contributed by atoms with Crippen LogP contribution in [0.3, 0.4) is 0 Å². The monoisotopic (exact) mass is 313 g/mol. The number of hydrogen-bond acceptors (Lipinski definition) is 4. The summed E-state index contributed by atoms with van der Waals surface area (Å²) in [7, 11) is 1.65. The van der Waals surface area contributed by atoms with Gasteiger partial charge in [-0.15, -0.1) is 0 Å². The Balaban J connectivity index is 2.10. The fourth-order valence-corrected chi connectivity index (χ4v) is 2.11. The van der Waals surface area contributed by atoms with Crippen LogP contribution in [0, 0.1) is 0 Å². The van der Waals surface area contributed by atoms with Crippen LogP contribution in [0.4, 0.5) is 5.69 Å². The molecule has 0 bridgehead atoms. The van der Waals surface area contributed by atoms with Crippen LogP contribution in [0.1, 0.15) is 46.3 Å². The number of aromatic nitrogens is 2. The number of aryl methyl sites for hydroxylation is 1. The number of rotatable bonds is 6. The third-order valence-electron chi connectivity index (χ3n) is 3.54. The summed E-state index contributed by atoms with van der Waals surface area (Å²) in [5.41, 5.74) is 1.90. The quantitative estimate of drug-likeness (QED) is 0.886. The molecule has 0 atom stereocenters. The van der Waals surface area contributed by atoms with Crippen LogP contribution < -0.4 is 4.90 Å². The standard InChI is InChI=1S/C17H19N3O3/c1-3-4-5-12-6-8-13(9-7-12)20(2)16(21)14-10-19-15(11-18-14)17(22)23/h6-11H,3-5H2,1-2H3,(H,22,23). The van der Waals surface area contributed by atoms with Crippen LogP contribution in [0.25, 0.3) is 0 Å². The van der Waals surface area contributed by atoms with Gasteiger partial charge in [0.2, 0.25) is 0 Å². The van der Waals surface area contributed by atoms with E-state index in [1.54, 1.807) is 7.05 Å². The molecule has 1 N–H and O–H groups in total. The minimum absolute atomic E-state index is 0.104. The lowest BCUT2D eigenvalue weighted by Crippen LogP contribution is -2.27. The summed E-state index contributed by atoms with van der Waals surface area (Å²) in [5, 5.41) is 8.79. The number of carbonyl (C=O) groups is 2. The van der Waals surface area contributed by atoms with Crippen LogP contribution >= 0.6 is 0 Å². The van der Waals surface area contributed by atoms with Gasteiger partial charge >= 0.3 is 5.97 Å². The predicted octanol–water partition coefficient (Wildman–Crippen LogP) is 2.79. The van der Waals surface area contributed by atoms with Crippen molar-refractivity contribution in [2.45, 2.75) is 26.2 Å². The lowest BCUT2D eigenvalue weighted by atomic mass is 10.1. The van der Waals surface area contributed by atoms with E-state index < -0.39 is 5.97 Å². The smallest absolute Gasteiger partial charge is 0.356 e. The summed E-state index contributed by atoms with van der Waals surface area (Å²) >= 11 is 0. The number of carboxylic acids is 1. The number of benzene rings is 1. The summed E-state index contributed by atoms with van der Waals surface area (Å²) in [5.74, 6) is -1.51. The first kappa shape index (κ1) is 16.6. The van der Waals surface area contributed by atoms with Gasteiger partial charge in [0.15, 0.2) is 5.69 Å². The van der Waals surface area contributed by atoms with Gasteiger partial charge in [0, 0.05) is 12.7 Å². The lowest BCUT2D eigenvalue weighted by molar-refractivity contribution is 0.0689. The molecule has 0 saturated heterocycles. The minimum Gasteiger partial charge on any atom is -0.476 e. The van der Waals surface area contributed by atoms with Crippen molar-refractivity contribution < 1.29 is 14.7 Å². The summed E-state index contributed by atoms with van der Waals surface area (Å²) in [6.45, 7) is 2.15. The van der Waals surface area contributed by atoms with E-state index in [0.717, 1.165) is 31.1 Å². The van der Waals surface area contributed by atoms with E-state index in [1.165, 1.54) is 16.7 Å². The molecule has 6 nitrogen and oxygen atoms in total. The van der Waals surface area contributed by atoms with Crippen molar-refractivity contribution >= 4 is 17.6 Å². The SMILES string of the molecule is CCCCc1ccc(N(C)C(=O)c2cnc(C(=O)O)cn2)cc1. The Morgan fingerprint density at radius 2 is 1.70 bits per heavy atom. The number of aromatic carboxylic acids is 1. The molecule has 2 aromatic rings. The molecule has 0 unspecified atom stereocenters. The molecule has 1 aromatic heterocycles. The Hall–Kier alpha value is -2.76. The second kappa shape index (κ2) is 7.49. The number of carboxylic acid groups (broad SMARTS) is 1. The highest BCUT2D eigenvalue weighted by Crippen LogP contribution is 2.17. The Labute approximate surface area is 134 Å². The first-order chi connectivity index (χ1) is 11.0. The van der Waals surface area contributed by atoms with Gasteiger partial charge in [-0.25, -0.2) is 14.8 Å². The molecule has 1 aromatic carbocycles. The maximum Gasteiger partial charge on any atom is 0.356 e. The molecule has 0 aliphatic rings. The Morgan fingerprint density at radius 3 is 2.22 bits per heavy atom. The maximum atomic E-state index is 12.4. The Bertz CT molecular complexity index is 681. The second-order valence-electron chi connectivity index (χ2n) is 5.23. The zero-order valence-corrected chi connectivity index (χ0v) is 13.2. The van der Waals surface area contributed by atoms with Crippen LogP contribution in [-0.2, 0) is 6.42 Å².